The molecule has 0 unspecified atom stereocenters. The lowest BCUT2D eigenvalue weighted by Gasteiger charge is -2.12. The quantitative estimate of drug-likeness (QED) is 0.251. The molecule has 0 saturated carbocycles. The first kappa shape index (κ1) is 19.3. The van der Waals surface area contributed by atoms with E-state index in [1.807, 2.05) is 6.07 Å². The Morgan fingerprint density at radius 1 is 0.485 bits per heavy atom. The minimum atomic E-state index is 1.17. The molecule has 6 rings (SSSR count). The van der Waals surface area contributed by atoms with Crippen LogP contribution in [0.4, 0.5) is 0 Å². The number of hydrogen-bond donors (Lipinski definition) is 0. The van der Waals surface area contributed by atoms with Crippen LogP contribution in [0.1, 0.15) is 11.1 Å². The largest absolute Gasteiger partial charge is 0.309 e. The Hall–Kier alpha value is -4.36. The summed E-state index contributed by atoms with van der Waals surface area (Å²) in [5, 5.41) is 2.56. The minimum absolute atomic E-state index is 1.17. The first-order valence-corrected chi connectivity index (χ1v) is 11.3. The first-order valence-electron chi connectivity index (χ1n) is 11.3. The smallest absolute Gasteiger partial charge is 0.0541 e. The van der Waals surface area contributed by atoms with Gasteiger partial charge >= 0.3 is 0 Å². The van der Waals surface area contributed by atoms with E-state index in [4.69, 9.17) is 0 Å². The molecule has 0 N–H and O–H groups in total. The first-order chi connectivity index (χ1) is 16.4. The van der Waals surface area contributed by atoms with Gasteiger partial charge in [0, 0.05) is 16.5 Å². The number of nitrogens with zero attached hydrogens (tertiary/aromatic N) is 1. The molecular weight excluding hydrogens is 398 g/mol. The standard InChI is InChI=1S/C32H23N/c1-2-11-24(12-3-1)21-22-25-13-4-5-16-28(25)26-14-10-15-27(23-26)33-31-19-8-6-17-29(31)30-18-7-9-20-32(30)33/h1-23H/b22-21+. The van der Waals surface area contributed by atoms with E-state index < -0.39 is 0 Å². The van der Waals surface area contributed by atoms with Gasteiger partial charge in [-0.2, -0.15) is 0 Å². The van der Waals surface area contributed by atoms with Crippen molar-refractivity contribution in [2.24, 2.45) is 0 Å². The van der Waals surface area contributed by atoms with E-state index in [0.29, 0.717) is 0 Å². The zero-order valence-electron chi connectivity index (χ0n) is 18.2. The summed E-state index contributed by atoms with van der Waals surface area (Å²) in [6.45, 7) is 0. The van der Waals surface area contributed by atoms with E-state index in [1.54, 1.807) is 0 Å². The molecule has 0 saturated heterocycles. The van der Waals surface area contributed by atoms with Gasteiger partial charge in [0.05, 0.1) is 11.0 Å². The SMILES string of the molecule is C(=C\c1ccccc1-c1cccc(-n2c3ccccc3c3ccccc32)c1)/c1ccccc1. The molecule has 0 amide bonds. The highest BCUT2D eigenvalue weighted by atomic mass is 15.0. The summed E-state index contributed by atoms with van der Waals surface area (Å²) in [5.74, 6) is 0. The summed E-state index contributed by atoms with van der Waals surface area (Å²) < 4.78 is 2.37. The van der Waals surface area contributed by atoms with Crippen molar-refractivity contribution in [3.8, 4) is 16.8 Å². The van der Waals surface area contributed by atoms with Crippen LogP contribution in [0.25, 0.3) is 50.8 Å². The maximum absolute atomic E-state index is 2.37. The predicted octanol–water partition coefficient (Wildman–Crippen LogP) is 8.62. The summed E-state index contributed by atoms with van der Waals surface area (Å²) in [6.07, 6.45) is 4.38. The second kappa shape index (κ2) is 8.29. The van der Waals surface area contributed by atoms with E-state index in [-0.39, 0.29) is 0 Å². The van der Waals surface area contributed by atoms with Crippen molar-refractivity contribution >= 4 is 34.0 Å². The van der Waals surface area contributed by atoms with Crippen LogP contribution in [-0.4, -0.2) is 4.57 Å². The van der Waals surface area contributed by atoms with Gasteiger partial charge in [0.2, 0.25) is 0 Å². The predicted molar refractivity (Wildman–Crippen MR) is 142 cm³/mol. The van der Waals surface area contributed by atoms with Crippen LogP contribution in [0.3, 0.4) is 0 Å². The fourth-order valence-electron chi connectivity index (χ4n) is 4.67. The van der Waals surface area contributed by atoms with Gasteiger partial charge in [0.25, 0.3) is 0 Å². The molecule has 1 nitrogen and oxygen atoms in total. The molecule has 0 radical (unpaired) electrons. The number of fused-ring (bicyclic) bond motifs is 3. The summed E-state index contributed by atoms with van der Waals surface area (Å²) in [5.41, 5.74) is 8.48. The van der Waals surface area contributed by atoms with Crippen molar-refractivity contribution in [1.82, 2.24) is 4.57 Å². The van der Waals surface area contributed by atoms with Gasteiger partial charge < -0.3 is 4.57 Å². The summed E-state index contributed by atoms with van der Waals surface area (Å²) in [6, 6.07) is 45.2. The minimum Gasteiger partial charge on any atom is -0.309 e. The topological polar surface area (TPSA) is 4.93 Å². The molecule has 1 heteroatoms. The lowest BCUT2D eigenvalue weighted by Crippen LogP contribution is -1.94. The van der Waals surface area contributed by atoms with Gasteiger partial charge in [0.15, 0.2) is 0 Å². The van der Waals surface area contributed by atoms with E-state index in [9.17, 15) is 0 Å². The van der Waals surface area contributed by atoms with Crippen LogP contribution in [0.15, 0.2) is 127 Å². The molecule has 0 bridgehead atoms. The van der Waals surface area contributed by atoms with Crippen molar-refractivity contribution < 1.29 is 0 Å². The molecule has 0 aliphatic rings. The van der Waals surface area contributed by atoms with Crippen LogP contribution in [0.5, 0.6) is 0 Å². The van der Waals surface area contributed by atoms with Crippen LogP contribution in [0.2, 0.25) is 0 Å². The molecule has 1 heterocycles. The van der Waals surface area contributed by atoms with Crippen LogP contribution >= 0.6 is 0 Å². The molecule has 5 aromatic carbocycles. The van der Waals surface area contributed by atoms with Crippen molar-refractivity contribution in [3.05, 3.63) is 139 Å². The van der Waals surface area contributed by atoms with Crippen molar-refractivity contribution in [3.63, 3.8) is 0 Å². The van der Waals surface area contributed by atoms with Gasteiger partial charge in [-0.05, 0) is 46.5 Å². The Kier molecular flexibility index (Phi) is 4.86. The number of hydrogen-bond acceptors (Lipinski definition) is 0. The summed E-state index contributed by atoms with van der Waals surface area (Å²) in [4.78, 5) is 0. The highest BCUT2D eigenvalue weighted by Crippen LogP contribution is 2.34. The Morgan fingerprint density at radius 2 is 1.12 bits per heavy atom. The van der Waals surface area contributed by atoms with Crippen molar-refractivity contribution in [1.29, 1.82) is 0 Å². The van der Waals surface area contributed by atoms with Crippen molar-refractivity contribution in [2.45, 2.75) is 0 Å². The Balaban J connectivity index is 1.49. The van der Waals surface area contributed by atoms with Crippen LogP contribution in [0, 0.1) is 0 Å². The Morgan fingerprint density at radius 3 is 1.88 bits per heavy atom. The Labute approximate surface area is 193 Å². The highest BCUT2D eigenvalue weighted by Gasteiger charge is 2.12. The molecule has 6 aromatic rings. The molecule has 0 atom stereocenters. The van der Waals surface area contributed by atoms with E-state index in [1.165, 1.54) is 49.7 Å². The van der Waals surface area contributed by atoms with E-state index in [0.717, 1.165) is 0 Å². The zero-order valence-corrected chi connectivity index (χ0v) is 18.2. The molecule has 0 aliphatic heterocycles. The Bertz CT molecular complexity index is 1550. The lowest BCUT2D eigenvalue weighted by molar-refractivity contribution is 1.18. The molecule has 0 aliphatic carbocycles. The number of benzene rings is 5. The molecule has 0 spiro atoms. The monoisotopic (exact) mass is 421 g/mol. The third-order valence-corrected chi connectivity index (χ3v) is 6.21. The maximum Gasteiger partial charge on any atom is 0.0541 e. The molecule has 1 aromatic heterocycles. The average molecular weight is 422 g/mol. The number of aromatic nitrogens is 1. The van der Waals surface area contributed by atoms with Crippen LogP contribution in [-0.2, 0) is 0 Å². The van der Waals surface area contributed by atoms with E-state index in [2.05, 4.69) is 138 Å². The molecule has 156 valence electrons. The maximum atomic E-state index is 2.37. The lowest BCUT2D eigenvalue weighted by atomic mass is 9.98. The summed E-state index contributed by atoms with van der Waals surface area (Å²) >= 11 is 0. The van der Waals surface area contributed by atoms with Gasteiger partial charge in [-0.1, -0.05) is 115 Å². The fraction of sp³-hybridized carbons (Fsp3) is 0. The fourth-order valence-corrected chi connectivity index (χ4v) is 4.67. The third-order valence-electron chi connectivity index (χ3n) is 6.21. The van der Waals surface area contributed by atoms with Gasteiger partial charge in [-0.3, -0.25) is 0 Å². The highest BCUT2D eigenvalue weighted by molar-refractivity contribution is 6.09. The summed E-state index contributed by atoms with van der Waals surface area (Å²) in [7, 11) is 0. The molecule has 0 fully saturated rings. The number of para-hydroxylation sites is 2. The zero-order chi connectivity index (χ0) is 22.0. The van der Waals surface area contributed by atoms with Crippen LogP contribution < -0.4 is 0 Å². The van der Waals surface area contributed by atoms with Gasteiger partial charge in [0.1, 0.15) is 0 Å². The second-order valence-electron chi connectivity index (χ2n) is 8.25. The third kappa shape index (κ3) is 3.54. The normalized spacial score (nSPS) is 11.5. The second-order valence-corrected chi connectivity index (χ2v) is 8.25. The average Bonchev–Trinajstić information content (AvgIpc) is 3.23. The van der Waals surface area contributed by atoms with Gasteiger partial charge in [-0.25, -0.2) is 0 Å². The van der Waals surface area contributed by atoms with E-state index >= 15 is 0 Å². The van der Waals surface area contributed by atoms with Gasteiger partial charge in [-0.15, -0.1) is 0 Å². The molecular formula is C32H23N. The molecule has 33 heavy (non-hydrogen) atoms. The van der Waals surface area contributed by atoms with Crippen molar-refractivity contribution in [2.75, 3.05) is 0 Å². The number of rotatable bonds is 4.